The molecule has 2 nitrogen and oxygen atoms in total. The topological polar surface area (TPSA) is 23.5 Å². The van der Waals surface area contributed by atoms with E-state index in [1.165, 1.54) is 5.56 Å². The summed E-state index contributed by atoms with van der Waals surface area (Å²) in [5, 5.41) is 9.03. The zero-order valence-electron chi connectivity index (χ0n) is 7.62. The fourth-order valence-electron chi connectivity index (χ4n) is 1.26. The van der Waals surface area contributed by atoms with Gasteiger partial charge in [0.1, 0.15) is 6.73 Å². The summed E-state index contributed by atoms with van der Waals surface area (Å²) in [5.74, 6) is 0. The van der Waals surface area contributed by atoms with Crippen LogP contribution in [0.25, 0.3) is 0 Å². The number of benzene rings is 1. The standard InChI is InChI=1S/C10H15NO/c1-3-11(8-12)10-7-5-4-6-9(10)2/h4-7,12H,3,8H2,1-2H3. The first kappa shape index (κ1) is 9.07. The summed E-state index contributed by atoms with van der Waals surface area (Å²) < 4.78 is 0. The molecule has 2 heteroatoms. The van der Waals surface area contributed by atoms with Gasteiger partial charge in [0, 0.05) is 12.2 Å². The second kappa shape index (κ2) is 4.12. The van der Waals surface area contributed by atoms with Gasteiger partial charge in [-0.2, -0.15) is 0 Å². The van der Waals surface area contributed by atoms with E-state index in [1.807, 2.05) is 43.0 Å². The normalized spacial score (nSPS) is 9.92. The highest BCUT2D eigenvalue weighted by molar-refractivity contribution is 5.52. The van der Waals surface area contributed by atoms with Crippen molar-refractivity contribution in [3.05, 3.63) is 29.8 Å². The highest BCUT2D eigenvalue weighted by atomic mass is 16.3. The maximum Gasteiger partial charge on any atom is 0.115 e. The monoisotopic (exact) mass is 165 g/mol. The summed E-state index contributed by atoms with van der Waals surface area (Å²) in [7, 11) is 0. The van der Waals surface area contributed by atoms with Crippen molar-refractivity contribution in [1.82, 2.24) is 0 Å². The number of aliphatic hydroxyl groups is 1. The second-order valence-corrected chi connectivity index (χ2v) is 2.78. The van der Waals surface area contributed by atoms with E-state index in [-0.39, 0.29) is 6.73 Å². The van der Waals surface area contributed by atoms with Gasteiger partial charge in [-0.25, -0.2) is 0 Å². The van der Waals surface area contributed by atoms with Crippen molar-refractivity contribution in [3.63, 3.8) is 0 Å². The average molecular weight is 165 g/mol. The molecule has 1 aromatic rings. The lowest BCUT2D eigenvalue weighted by atomic mass is 10.2. The van der Waals surface area contributed by atoms with E-state index in [9.17, 15) is 0 Å². The predicted octanol–water partition coefficient (Wildman–Crippen LogP) is 1.77. The molecule has 0 aliphatic heterocycles. The van der Waals surface area contributed by atoms with Crippen LogP contribution in [0.4, 0.5) is 5.69 Å². The Balaban J connectivity index is 2.92. The molecular formula is C10H15NO. The molecular weight excluding hydrogens is 150 g/mol. The van der Waals surface area contributed by atoms with Gasteiger partial charge >= 0.3 is 0 Å². The van der Waals surface area contributed by atoms with E-state index in [1.54, 1.807) is 0 Å². The van der Waals surface area contributed by atoms with Crippen LogP contribution in [0, 0.1) is 6.92 Å². The first-order valence-corrected chi connectivity index (χ1v) is 4.21. The third-order valence-corrected chi connectivity index (χ3v) is 2.01. The molecule has 0 spiro atoms. The molecule has 0 fully saturated rings. The molecule has 0 aromatic heterocycles. The van der Waals surface area contributed by atoms with Gasteiger partial charge in [0.25, 0.3) is 0 Å². The third kappa shape index (κ3) is 1.77. The Morgan fingerprint density at radius 1 is 1.33 bits per heavy atom. The molecule has 66 valence electrons. The van der Waals surface area contributed by atoms with Crippen LogP contribution in [0.2, 0.25) is 0 Å². The number of anilines is 1. The molecule has 0 heterocycles. The molecule has 0 aliphatic carbocycles. The quantitative estimate of drug-likeness (QED) is 0.690. The fraction of sp³-hybridized carbons (Fsp3) is 0.400. The number of aryl methyl sites for hydroxylation is 1. The molecule has 1 rings (SSSR count). The first-order chi connectivity index (χ1) is 5.79. The number of hydrogen-bond donors (Lipinski definition) is 1. The molecule has 0 unspecified atom stereocenters. The van der Waals surface area contributed by atoms with Crippen LogP contribution in [0.5, 0.6) is 0 Å². The van der Waals surface area contributed by atoms with E-state index >= 15 is 0 Å². The molecule has 1 aromatic carbocycles. The molecule has 0 radical (unpaired) electrons. The van der Waals surface area contributed by atoms with Crippen molar-refractivity contribution < 1.29 is 5.11 Å². The Morgan fingerprint density at radius 2 is 2.00 bits per heavy atom. The minimum atomic E-state index is 0.0847. The Labute approximate surface area is 73.4 Å². The minimum Gasteiger partial charge on any atom is -0.376 e. The van der Waals surface area contributed by atoms with E-state index in [0.29, 0.717) is 0 Å². The van der Waals surface area contributed by atoms with Gasteiger partial charge < -0.3 is 10.0 Å². The molecule has 0 aliphatic rings. The van der Waals surface area contributed by atoms with E-state index in [2.05, 4.69) is 0 Å². The Morgan fingerprint density at radius 3 is 2.50 bits per heavy atom. The SMILES string of the molecule is CCN(CO)c1ccccc1C. The van der Waals surface area contributed by atoms with Crippen molar-refractivity contribution >= 4 is 5.69 Å². The van der Waals surface area contributed by atoms with Crippen LogP contribution in [0.15, 0.2) is 24.3 Å². The minimum absolute atomic E-state index is 0.0847. The Bertz CT molecular complexity index is 243. The lowest BCUT2D eigenvalue weighted by molar-refractivity contribution is 0.292. The van der Waals surface area contributed by atoms with Crippen molar-refractivity contribution in [2.24, 2.45) is 0 Å². The maximum absolute atomic E-state index is 9.03. The van der Waals surface area contributed by atoms with E-state index in [4.69, 9.17) is 5.11 Å². The smallest absolute Gasteiger partial charge is 0.115 e. The van der Waals surface area contributed by atoms with Gasteiger partial charge in [-0.15, -0.1) is 0 Å². The van der Waals surface area contributed by atoms with Crippen LogP contribution in [0.3, 0.4) is 0 Å². The zero-order chi connectivity index (χ0) is 8.97. The Kier molecular flexibility index (Phi) is 3.11. The number of nitrogens with zero attached hydrogens (tertiary/aromatic N) is 1. The summed E-state index contributed by atoms with van der Waals surface area (Å²) in [4.78, 5) is 1.93. The van der Waals surface area contributed by atoms with Gasteiger partial charge in [0.2, 0.25) is 0 Å². The number of rotatable bonds is 3. The summed E-state index contributed by atoms with van der Waals surface area (Å²) >= 11 is 0. The molecule has 0 amide bonds. The number of aliphatic hydroxyl groups excluding tert-OH is 1. The van der Waals surface area contributed by atoms with Crippen LogP contribution >= 0.6 is 0 Å². The molecule has 12 heavy (non-hydrogen) atoms. The van der Waals surface area contributed by atoms with Crippen LogP contribution in [-0.4, -0.2) is 18.4 Å². The average Bonchev–Trinajstić information content (AvgIpc) is 2.10. The molecule has 1 N–H and O–H groups in total. The van der Waals surface area contributed by atoms with Gasteiger partial charge in [-0.05, 0) is 25.5 Å². The van der Waals surface area contributed by atoms with E-state index < -0.39 is 0 Å². The summed E-state index contributed by atoms with van der Waals surface area (Å²) in [6, 6.07) is 8.06. The first-order valence-electron chi connectivity index (χ1n) is 4.21. The summed E-state index contributed by atoms with van der Waals surface area (Å²) in [6.07, 6.45) is 0. The lowest BCUT2D eigenvalue weighted by Gasteiger charge is -2.21. The largest absolute Gasteiger partial charge is 0.376 e. The van der Waals surface area contributed by atoms with Gasteiger partial charge in [-0.1, -0.05) is 18.2 Å². The highest BCUT2D eigenvalue weighted by Crippen LogP contribution is 2.17. The predicted molar refractivity (Wildman–Crippen MR) is 51.3 cm³/mol. The maximum atomic E-state index is 9.03. The third-order valence-electron chi connectivity index (χ3n) is 2.01. The fourth-order valence-corrected chi connectivity index (χ4v) is 1.26. The van der Waals surface area contributed by atoms with E-state index in [0.717, 1.165) is 12.2 Å². The van der Waals surface area contributed by atoms with Gasteiger partial charge in [0.05, 0.1) is 0 Å². The number of para-hydroxylation sites is 1. The van der Waals surface area contributed by atoms with Crippen molar-refractivity contribution in [2.75, 3.05) is 18.2 Å². The molecule has 0 saturated heterocycles. The van der Waals surface area contributed by atoms with Gasteiger partial charge in [0.15, 0.2) is 0 Å². The summed E-state index contributed by atoms with van der Waals surface area (Å²) in [5.41, 5.74) is 2.32. The van der Waals surface area contributed by atoms with Crippen molar-refractivity contribution in [2.45, 2.75) is 13.8 Å². The zero-order valence-corrected chi connectivity index (χ0v) is 7.62. The van der Waals surface area contributed by atoms with Crippen LogP contribution < -0.4 is 4.90 Å². The van der Waals surface area contributed by atoms with Crippen LogP contribution in [0.1, 0.15) is 12.5 Å². The molecule has 0 bridgehead atoms. The summed E-state index contributed by atoms with van der Waals surface area (Å²) in [6.45, 7) is 5.00. The second-order valence-electron chi connectivity index (χ2n) is 2.78. The van der Waals surface area contributed by atoms with Crippen LogP contribution in [-0.2, 0) is 0 Å². The Hall–Kier alpha value is -1.02. The van der Waals surface area contributed by atoms with Gasteiger partial charge in [-0.3, -0.25) is 0 Å². The molecule has 0 saturated carbocycles. The lowest BCUT2D eigenvalue weighted by Crippen LogP contribution is -2.24. The molecule has 0 atom stereocenters. The number of hydrogen-bond acceptors (Lipinski definition) is 2. The van der Waals surface area contributed by atoms with Crippen molar-refractivity contribution in [3.8, 4) is 0 Å². The highest BCUT2D eigenvalue weighted by Gasteiger charge is 2.03. The van der Waals surface area contributed by atoms with Crippen molar-refractivity contribution in [1.29, 1.82) is 0 Å².